The third kappa shape index (κ3) is 2.73. The Kier molecular flexibility index (Phi) is 3.45. The monoisotopic (exact) mass is 192 g/mol. The first kappa shape index (κ1) is 10.5. The van der Waals surface area contributed by atoms with Crippen LogP contribution < -0.4 is 10.6 Å². The number of hydrogen-bond donors (Lipinski definition) is 2. The van der Waals surface area contributed by atoms with Crippen LogP contribution in [-0.4, -0.2) is 24.4 Å². The average Bonchev–Trinajstić information content (AvgIpc) is 2.15. The zero-order chi connectivity index (χ0) is 10.6. The molecule has 1 aromatic heterocycles. The lowest BCUT2D eigenvalue weighted by molar-refractivity contribution is 0.903. The number of nitrogens with zero attached hydrogens (tertiary/aromatic N) is 2. The van der Waals surface area contributed by atoms with E-state index in [0.29, 0.717) is 6.42 Å². The van der Waals surface area contributed by atoms with Gasteiger partial charge < -0.3 is 10.6 Å². The van der Waals surface area contributed by atoms with E-state index in [1.807, 2.05) is 26.2 Å². The van der Waals surface area contributed by atoms with Gasteiger partial charge in [-0.05, 0) is 18.6 Å². The zero-order valence-corrected chi connectivity index (χ0v) is 8.62. The number of amidine groups is 1. The maximum Gasteiger partial charge on any atom is 0.0923 e. The second-order valence-corrected chi connectivity index (χ2v) is 3.36. The molecule has 0 atom stereocenters. The summed E-state index contributed by atoms with van der Waals surface area (Å²) >= 11 is 0. The van der Waals surface area contributed by atoms with E-state index in [0.717, 1.165) is 17.8 Å². The smallest absolute Gasteiger partial charge is 0.0923 e. The molecule has 3 N–H and O–H groups in total. The number of hydrogen-bond acceptors (Lipinski definition) is 3. The molecule has 1 aromatic rings. The number of nitrogens with one attached hydrogen (secondary N) is 1. The molecular formula is C10H16N4. The minimum atomic E-state index is 0.226. The molecule has 0 fully saturated rings. The average molecular weight is 192 g/mol. The molecule has 0 saturated carbocycles. The zero-order valence-electron chi connectivity index (χ0n) is 8.62. The first-order valence-corrected chi connectivity index (χ1v) is 4.56. The van der Waals surface area contributed by atoms with Crippen LogP contribution >= 0.6 is 0 Å². The predicted octanol–water partition coefficient (Wildman–Crippen LogP) is 1.15. The van der Waals surface area contributed by atoms with Gasteiger partial charge >= 0.3 is 0 Å². The topological polar surface area (TPSA) is 66.0 Å². The van der Waals surface area contributed by atoms with E-state index in [-0.39, 0.29) is 5.84 Å². The number of rotatable bonds is 4. The summed E-state index contributed by atoms with van der Waals surface area (Å²) in [7, 11) is 1.99. The van der Waals surface area contributed by atoms with Crippen molar-refractivity contribution in [1.82, 2.24) is 4.98 Å². The van der Waals surface area contributed by atoms with Crippen molar-refractivity contribution in [3.8, 4) is 0 Å². The molecule has 14 heavy (non-hydrogen) atoms. The van der Waals surface area contributed by atoms with Crippen LogP contribution in [0.1, 0.15) is 12.0 Å². The summed E-state index contributed by atoms with van der Waals surface area (Å²) in [5.74, 6) is 0.226. The van der Waals surface area contributed by atoms with Crippen molar-refractivity contribution in [1.29, 1.82) is 5.41 Å². The van der Waals surface area contributed by atoms with Crippen LogP contribution in [0, 0.1) is 12.3 Å². The SMILES string of the molecule is Cc1cnccc1N(C)CCC(=N)N. The quantitative estimate of drug-likeness (QED) is 0.555. The van der Waals surface area contributed by atoms with Crippen LogP contribution in [0.5, 0.6) is 0 Å². The van der Waals surface area contributed by atoms with Gasteiger partial charge in [-0.2, -0.15) is 0 Å². The number of pyridine rings is 1. The molecule has 0 amide bonds. The Balaban J connectivity index is 2.65. The maximum absolute atomic E-state index is 7.14. The van der Waals surface area contributed by atoms with Crippen molar-refractivity contribution >= 4 is 11.5 Å². The van der Waals surface area contributed by atoms with Crippen LogP contribution in [0.3, 0.4) is 0 Å². The Labute approximate surface area is 84.3 Å². The van der Waals surface area contributed by atoms with Gasteiger partial charge in [0.25, 0.3) is 0 Å². The summed E-state index contributed by atoms with van der Waals surface area (Å²) in [6.45, 7) is 2.78. The van der Waals surface area contributed by atoms with E-state index >= 15 is 0 Å². The number of aryl methyl sites for hydroxylation is 1. The highest BCUT2D eigenvalue weighted by Crippen LogP contribution is 2.16. The molecule has 76 valence electrons. The summed E-state index contributed by atoms with van der Waals surface area (Å²) in [6.07, 6.45) is 4.20. The Hall–Kier alpha value is -1.58. The fourth-order valence-corrected chi connectivity index (χ4v) is 1.30. The van der Waals surface area contributed by atoms with Gasteiger partial charge in [0.05, 0.1) is 5.84 Å². The largest absolute Gasteiger partial charge is 0.388 e. The van der Waals surface area contributed by atoms with Gasteiger partial charge in [0.15, 0.2) is 0 Å². The Bertz CT molecular complexity index is 322. The minimum absolute atomic E-state index is 0.226. The molecule has 0 saturated heterocycles. The first-order chi connectivity index (χ1) is 6.61. The molecule has 0 spiro atoms. The standard InChI is InChI=1S/C10H16N4/c1-8-7-13-5-3-9(8)14(2)6-4-10(11)12/h3,5,7H,4,6H2,1-2H3,(H3,11,12). The minimum Gasteiger partial charge on any atom is -0.388 e. The first-order valence-electron chi connectivity index (χ1n) is 4.56. The molecule has 0 radical (unpaired) electrons. The third-order valence-electron chi connectivity index (χ3n) is 2.12. The van der Waals surface area contributed by atoms with Crippen molar-refractivity contribution in [2.24, 2.45) is 5.73 Å². The van der Waals surface area contributed by atoms with Crippen molar-refractivity contribution in [2.45, 2.75) is 13.3 Å². The van der Waals surface area contributed by atoms with E-state index in [1.54, 1.807) is 6.20 Å². The van der Waals surface area contributed by atoms with Crippen LogP contribution in [0.4, 0.5) is 5.69 Å². The Morgan fingerprint density at radius 2 is 2.36 bits per heavy atom. The van der Waals surface area contributed by atoms with Gasteiger partial charge in [-0.15, -0.1) is 0 Å². The van der Waals surface area contributed by atoms with Gasteiger partial charge in [-0.1, -0.05) is 0 Å². The Morgan fingerprint density at radius 1 is 1.64 bits per heavy atom. The van der Waals surface area contributed by atoms with Gasteiger partial charge in [0.2, 0.25) is 0 Å². The predicted molar refractivity (Wildman–Crippen MR) is 58.8 cm³/mol. The van der Waals surface area contributed by atoms with Crippen molar-refractivity contribution in [3.05, 3.63) is 24.0 Å². The molecule has 0 aliphatic carbocycles. The van der Waals surface area contributed by atoms with Gasteiger partial charge in [-0.25, -0.2) is 0 Å². The molecule has 0 aliphatic rings. The summed E-state index contributed by atoms with van der Waals surface area (Å²) in [6, 6.07) is 1.97. The van der Waals surface area contributed by atoms with Gasteiger partial charge in [-0.3, -0.25) is 10.4 Å². The molecule has 0 aromatic carbocycles. The second kappa shape index (κ2) is 4.60. The number of nitrogens with two attached hydrogens (primary N) is 1. The van der Waals surface area contributed by atoms with Crippen molar-refractivity contribution in [2.75, 3.05) is 18.5 Å². The third-order valence-corrected chi connectivity index (χ3v) is 2.12. The van der Waals surface area contributed by atoms with E-state index < -0.39 is 0 Å². The van der Waals surface area contributed by atoms with E-state index in [1.165, 1.54) is 0 Å². The fraction of sp³-hybridized carbons (Fsp3) is 0.400. The van der Waals surface area contributed by atoms with Crippen molar-refractivity contribution in [3.63, 3.8) is 0 Å². The lowest BCUT2D eigenvalue weighted by Crippen LogP contribution is -2.24. The molecular weight excluding hydrogens is 176 g/mol. The van der Waals surface area contributed by atoms with E-state index in [4.69, 9.17) is 11.1 Å². The Morgan fingerprint density at radius 3 is 2.93 bits per heavy atom. The molecule has 1 rings (SSSR count). The normalized spacial score (nSPS) is 9.86. The van der Waals surface area contributed by atoms with E-state index in [2.05, 4.69) is 9.88 Å². The highest BCUT2D eigenvalue weighted by atomic mass is 15.1. The van der Waals surface area contributed by atoms with Crippen LogP contribution in [0.15, 0.2) is 18.5 Å². The highest BCUT2D eigenvalue weighted by molar-refractivity contribution is 5.77. The summed E-state index contributed by atoms with van der Waals surface area (Å²) in [4.78, 5) is 6.11. The van der Waals surface area contributed by atoms with E-state index in [9.17, 15) is 0 Å². The molecule has 0 bridgehead atoms. The summed E-state index contributed by atoms with van der Waals surface area (Å²) < 4.78 is 0. The second-order valence-electron chi connectivity index (χ2n) is 3.36. The fourth-order valence-electron chi connectivity index (χ4n) is 1.30. The number of aromatic nitrogens is 1. The maximum atomic E-state index is 7.14. The van der Waals surface area contributed by atoms with Crippen molar-refractivity contribution < 1.29 is 0 Å². The number of anilines is 1. The van der Waals surface area contributed by atoms with Gasteiger partial charge in [0, 0.05) is 38.1 Å². The van der Waals surface area contributed by atoms with Crippen LogP contribution in [0.2, 0.25) is 0 Å². The van der Waals surface area contributed by atoms with Crippen LogP contribution in [-0.2, 0) is 0 Å². The molecule has 4 heteroatoms. The molecule has 4 nitrogen and oxygen atoms in total. The van der Waals surface area contributed by atoms with Crippen LogP contribution in [0.25, 0.3) is 0 Å². The summed E-state index contributed by atoms with van der Waals surface area (Å²) in [5.41, 5.74) is 7.58. The lowest BCUT2D eigenvalue weighted by atomic mass is 10.2. The highest BCUT2D eigenvalue weighted by Gasteiger charge is 2.03. The molecule has 1 heterocycles. The molecule has 0 aliphatic heterocycles. The van der Waals surface area contributed by atoms with Gasteiger partial charge in [0.1, 0.15) is 0 Å². The molecule has 0 unspecified atom stereocenters. The lowest BCUT2D eigenvalue weighted by Gasteiger charge is -2.20. The summed E-state index contributed by atoms with van der Waals surface area (Å²) in [5, 5.41) is 7.14.